The third-order valence-corrected chi connectivity index (χ3v) is 1.23. The lowest BCUT2D eigenvalue weighted by atomic mass is 10.2. The smallest absolute Gasteiger partial charge is 0.0913 e. The average Bonchev–Trinajstić information content (AvgIpc) is 1.88. The Morgan fingerprint density at radius 2 is 2.20 bits per heavy atom. The summed E-state index contributed by atoms with van der Waals surface area (Å²) in [5.74, 6) is 1.17. The second-order valence-electron chi connectivity index (χ2n) is 2.55. The molecule has 0 saturated carbocycles. The number of hydrogen-bond donors (Lipinski definition) is 1. The minimum Gasteiger partial charge on any atom is -0.498 e. The second-order valence-corrected chi connectivity index (χ2v) is 2.55. The summed E-state index contributed by atoms with van der Waals surface area (Å²) in [6.45, 7) is 8.54. The van der Waals surface area contributed by atoms with Gasteiger partial charge in [-0.1, -0.05) is 20.4 Å². The summed E-state index contributed by atoms with van der Waals surface area (Å²) in [6, 6.07) is 0. The molecule has 0 aliphatic heterocycles. The maximum atomic E-state index is 8.41. The van der Waals surface area contributed by atoms with Crippen molar-refractivity contribution in [2.75, 3.05) is 13.2 Å². The van der Waals surface area contributed by atoms with Crippen LogP contribution in [0, 0.1) is 5.92 Å². The highest BCUT2D eigenvalue weighted by Crippen LogP contribution is 2.07. The zero-order chi connectivity index (χ0) is 7.98. The van der Waals surface area contributed by atoms with Crippen molar-refractivity contribution in [2.24, 2.45) is 5.92 Å². The van der Waals surface area contributed by atoms with E-state index in [1.807, 2.05) is 13.8 Å². The molecule has 0 bridgehead atoms. The van der Waals surface area contributed by atoms with Crippen LogP contribution in [0.1, 0.15) is 20.3 Å². The van der Waals surface area contributed by atoms with E-state index in [0.717, 1.165) is 5.76 Å². The first-order valence-electron chi connectivity index (χ1n) is 3.61. The molecule has 1 N–H and O–H groups in total. The maximum absolute atomic E-state index is 8.41. The van der Waals surface area contributed by atoms with Gasteiger partial charge in [-0.15, -0.1) is 0 Å². The predicted molar refractivity (Wildman–Crippen MR) is 41.6 cm³/mol. The summed E-state index contributed by atoms with van der Waals surface area (Å²) in [5, 5.41) is 8.41. The van der Waals surface area contributed by atoms with E-state index in [4.69, 9.17) is 9.84 Å². The van der Waals surface area contributed by atoms with Crippen molar-refractivity contribution in [1.29, 1.82) is 0 Å². The van der Waals surface area contributed by atoms with Gasteiger partial charge < -0.3 is 9.84 Å². The number of aliphatic hydroxyl groups excluding tert-OH is 1. The fraction of sp³-hybridized carbons (Fsp3) is 0.750. The van der Waals surface area contributed by atoms with E-state index in [9.17, 15) is 0 Å². The van der Waals surface area contributed by atoms with Crippen molar-refractivity contribution in [2.45, 2.75) is 20.3 Å². The van der Waals surface area contributed by atoms with Crippen LogP contribution in [0.25, 0.3) is 0 Å². The van der Waals surface area contributed by atoms with E-state index in [0.29, 0.717) is 18.9 Å². The van der Waals surface area contributed by atoms with Crippen LogP contribution < -0.4 is 0 Å². The number of aliphatic hydroxyl groups is 1. The second kappa shape index (κ2) is 5.30. The van der Waals surface area contributed by atoms with Gasteiger partial charge in [-0.25, -0.2) is 0 Å². The van der Waals surface area contributed by atoms with Crippen molar-refractivity contribution in [1.82, 2.24) is 0 Å². The van der Waals surface area contributed by atoms with Crippen molar-refractivity contribution in [3.05, 3.63) is 12.3 Å². The topological polar surface area (TPSA) is 29.5 Å². The van der Waals surface area contributed by atoms with Crippen LogP contribution >= 0.6 is 0 Å². The van der Waals surface area contributed by atoms with Crippen LogP contribution in [-0.4, -0.2) is 18.3 Å². The van der Waals surface area contributed by atoms with Gasteiger partial charge in [-0.3, -0.25) is 0 Å². The summed E-state index contributed by atoms with van der Waals surface area (Å²) in [7, 11) is 0. The van der Waals surface area contributed by atoms with Crippen LogP contribution in [0.4, 0.5) is 0 Å². The van der Waals surface area contributed by atoms with Crippen LogP contribution in [0.2, 0.25) is 0 Å². The summed E-state index contributed by atoms with van der Waals surface area (Å²) < 4.78 is 5.19. The first kappa shape index (κ1) is 9.50. The molecule has 0 spiro atoms. The molecule has 0 radical (unpaired) electrons. The van der Waals surface area contributed by atoms with Gasteiger partial charge in [0.15, 0.2) is 0 Å². The minimum absolute atomic E-state index is 0.186. The monoisotopic (exact) mass is 144 g/mol. The van der Waals surface area contributed by atoms with E-state index in [1.54, 1.807) is 0 Å². The molecule has 2 heteroatoms. The average molecular weight is 144 g/mol. The molecule has 2 nitrogen and oxygen atoms in total. The van der Waals surface area contributed by atoms with Crippen LogP contribution in [-0.2, 0) is 4.74 Å². The normalized spacial score (nSPS) is 10.0. The number of ether oxygens (including phenoxy) is 1. The van der Waals surface area contributed by atoms with E-state index in [1.165, 1.54) is 0 Å². The third-order valence-electron chi connectivity index (χ3n) is 1.23. The number of rotatable bonds is 5. The quantitative estimate of drug-likeness (QED) is 0.468. The highest BCUT2D eigenvalue weighted by atomic mass is 16.5. The Morgan fingerprint density at radius 3 is 2.60 bits per heavy atom. The van der Waals surface area contributed by atoms with Gasteiger partial charge in [0.2, 0.25) is 0 Å². The van der Waals surface area contributed by atoms with Crippen LogP contribution in [0.15, 0.2) is 12.3 Å². The zero-order valence-electron chi connectivity index (χ0n) is 6.76. The van der Waals surface area contributed by atoms with Crippen LogP contribution in [0.3, 0.4) is 0 Å². The molecule has 0 aromatic rings. The first-order valence-corrected chi connectivity index (χ1v) is 3.61. The fourth-order valence-electron chi connectivity index (χ4n) is 0.434. The minimum atomic E-state index is 0.186. The van der Waals surface area contributed by atoms with Gasteiger partial charge in [0.1, 0.15) is 0 Å². The Hall–Kier alpha value is -0.500. The van der Waals surface area contributed by atoms with Gasteiger partial charge in [0, 0.05) is 18.9 Å². The Kier molecular flexibility index (Phi) is 5.03. The van der Waals surface area contributed by atoms with Crippen LogP contribution in [0.5, 0.6) is 0 Å². The first-order chi connectivity index (χ1) is 4.68. The Morgan fingerprint density at radius 1 is 1.60 bits per heavy atom. The standard InChI is InChI=1S/C8H16O2/c1-7(2)8(3)10-6-4-5-9/h7,9H,3-6H2,1-2H3. The Balaban J connectivity index is 3.22. The molecule has 0 aromatic heterocycles. The van der Waals surface area contributed by atoms with Gasteiger partial charge in [0.25, 0.3) is 0 Å². The molecule has 60 valence electrons. The SMILES string of the molecule is C=C(OCCCO)C(C)C. The van der Waals surface area contributed by atoms with Gasteiger partial charge >= 0.3 is 0 Å². The van der Waals surface area contributed by atoms with Gasteiger partial charge in [0.05, 0.1) is 12.4 Å². The van der Waals surface area contributed by atoms with Crippen molar-refractivity contribution < 1.29 is 9.84 Å². The summed E-state index contributed by atoms with van der Waals surface area (Å²) >= 11 is 0. The number of hydrogen-bond acceptors (Lipinski definition) is 2. The molecule has 0 amide bonds. The molecule has 0 atom stereocenters. The Bertz CT molecular complexity index is 97.4. The molecular weight excluding hydrogens is 128 g/mol. The highest BCUT2D eigenvalue weighted by molar-refractivity contribution is 4.85. The molecular formula is C8H16O2. The van der Waals surface area contributed by atoms with E-state index in [-0.39, 0.29) is 6.61 Å². The molecule has 0 heterocycles. The molecule has 0 aromatic carbocycles. The lowest BCUT2D eigenvalue weighted by Crippen LogP contribution is -2.01. The fourth-order valence-corrected chi connectivity index (χ4v) is 0.434. The molecule has 0 rings (SSSR count). The highest BCUT2D eigenvalue weighted by Gasteiger charge is 1.98. The molecule has 0 unspecified atom stereocenters. The molecule has 0 fully saturated rings. The van der Waals surface area contributed by atoms with Crippen molar-refractivity contribution in [3.8, 4) is 0 Å². The molecule has 0 saturated heterocycles. The predicted octanol–water partition coefficient (Wildman–Crippen LogP) is 1.56. The Labute approximate surface area is 62.5 Å². The van der Waals surface area contributed by atoms with Gasteiger partial charge in [-0.05, 0) is 0 Å². The largest absolute Gasteiger partial charge is 0.498 e. The summed E-state index contributed by atoms with van der Waals surface area (Å²) in [6.07, 6.45) is 0.686. The third kappa shape index (κ3) is 4.39. The van der Waals surface area contributed by atoms with Crippen molar-refractivity contribution >= 4 is 0 Å². The molecule has 0 aliphatic carbocycles. The lowest BCUT2D eigenvalue weighted by Gasteiger charge is -2.10. The van der Waals surface area contributed by atoms with Gasteiger partial charge in [-0.2, -0.15) is 0 Å². The summed E-state index contributed by atoms with van der Waals surface area (Å²) in [5.41, 5.74) is 0. The lowest BCUT2D eigenvalue weighted by molar-refractivity contribution is 0.159. The number of allylic oxidation sites excluding steroid dienone is 1. The maximum Gasteiger partial charge on any atom is 0.0913 e. The van der Waals surface area contributed by atoms with E-state index in [2.05, 4.69) is 6.58 Å². The van der Waals surface area contributed by atoms with Crippen molar-refractivity contribution in [3.63, 3.8) is 0 Å². The van der Waals surface area contributed by atoms with E-state index < -0.39 is 0 Å². The molecule has 0 aliphatic rings. The van der Waals surface area contributed by atoms with E-state index >= 15 is 0 Å². The molecule has 10 heavy (non-hydrogen) atoms. The summed E-state index contributed by atoms with van der Waals surface area (Å²) in [4.78, 5) is 0. The zero-order valence-corrected chi connectivity index (χ0v) is 6.76.